The molecule has 0 aliphatic carbocycles. The quantitative estimate of drug-likeness (QED) is 0.875. The van der Waals surface area contributed by atoms with Crippen molar-refractivity contribution in [2.75, 3.05) is 23.3 Å². The van der Waals surface area contributed by atoms with Gasteiger partial charge in [0.25, 0.3) is 0 Å². The first-order chi connectivity index (χ1) is 12.0. The number of benzene rings is 2. The highest BCUT2D eigenvalue weighted by atomic mass is 19.1. The standard InChI is InChI=1S/C19H19F3N2O/c20-14-6-3-13(4-7-14)5-8-18(25)23-15-11-16(21)19(17(22)12-15)24-9-1-2-10-24/h3-4,6-7,11-12H,1-2,5,8-10H2,(H,23,25). The molecule has 0 unspecified atom stereocenters. The molecule has 3 nitrogen and oxygen atoms in total. The van der Waals surface area contributed by atoms with Crippen LogP contribution in [0.1, 0.15) is 24.8 Å². The van der Waals surface area contributed by atoms with Gasteiger partial charge in [-0.1, -0.05) is 12.1 Å². The number of nitrogens with zero attached hydrogens (tertiary/aromatic N) is 1. The van der Waals surface area contributed by atoms with Crippen LogP contribution < -0.4 is 10.2 Å². The molecular weight excluding hydrogens is 329 g/mol. The van der Waals surface area contributed by atoms with Crippen molar-refractivity contribution in [1.29, 1.82) is 0 Å². The van der Waals surface area contributed by atoms with Gasteiger partial charge in [0.2, 0.25) is 5.91 Å². The van der Waals surface area contributed by atoms with E-state index < -0.39 is 11.6 Å². The van der Waals surface area contributed by atoms with Crippen molar-refractivity contribution in [2.24, 2.45) is 0 Å². The number of nitrogens with one attached hydrogen (secondary N) is 1. The van der Waals surface area contributed by atoms with E-state index in [4.69, 9.17) is 0 Å². The van der Waals surface area contributed by atoms with Crippen LogP contribution in [0.4, 0.5) is 24.5 Å². The molecule has 1 aliphatic rings. The summed E-state index contributed by atoms with van der Waals surface area (Å²) in [6, 6.07) is 8.16. The van der Waals surface area contributed by atoms with Crippen molar-refractivity contribution in [1.82, 2.24) is 0 Å². The van der Waals surface area contributed by atoms with Crippen LogP contribution in [0.25, 0.3) is 0 Å². The first-order valence-corrected chi connectivity index (χ1v) is 8.31. The fourth-order valence-corrected chi connectivity index (χ4v) is 3.01. The molecule has 6 heteroatoms. The van der Waals surface area contributed by atoms with E-state index in [0.717, 1.165) is 30.5 Å². The van der Waals surface area contributed by atoms with Crippen LogP contribution in [0.2, 0.25) is 0 Å². The molecule has 1 N–H and O–H groups in total. The van der Waals surface area contributed by atoms with Crippen molar-refractivity contribution in [3.8, 4) is 0 Å². The zero-order valence-electron chi connectivity index (χ0n) is 13.7. The molecule has 1 aliphatic heterocycles. The number of hydrogen-bond donors (Lipinski definition) is 1. The van der Waals surface area contributed by atoms with E-state index in [1.165, 1.54) is 12.1 Å². The fourth-order valence-electron chi connectivity index (χ4n) is 3.01. The minimum absolute atomic E-state index is 0.0261. The van der Waals surface area contributed by atoms with Gasteiger partial charge < -0.3 is 10.2 Å². The molecule has 0 atom stereocenters. The number of rotatable bonds is 5. The smallest absolute Gasteiger partial charge is 0.224 e. The van der Waals surface area contributed by atoms with Crippen LogP contribution >= 0.6 is 0 Å². The lowest BCUT2D eigenvalue weighted by atomic mass is 10.1. The number of halogens is 3. The highest BCUT2D eigenvalue weighted by Crippen LogP contribution is 2.29. The van der Waals surface area contributed by atoms with Crippen LogP contribution in [-0.2, 0) is 11.2 Å². The Balaban J connectivity index is 1.62. The molecular formula is C19H19F3N2O. The first kappa shape index (κ1) is 17.3. The Hall–Kier alpha value is -2.50. The molecule has 2 aromatic rings. The molecule has 0 bridgehead atoms. The van der Waals surface area contributed by atoms with E-state index in [2.05, 4.69) is 5.32 Å². The summed E-state index contributed by atoms with van der Waals surface area (Å²) < 4.78 is 41.3. The van der Waals surface area contributed by atoms with Crippen LogP contribution in [-0.4, -0.2) is 19.0 Å². The molecule has 0 aromatic heterocycles. The lowest BCUT2D eigenvalue weighted by Crippen LogP contribution is -2.21. The van der Waals surface area contributed by atoms with Gasteiger partial charge in [-0.15, -0.1) is 0 Å². The second kappa shape index (κ2) is 7.59. The predicted molar refractivity (Wildman–Crippen MR) is 91.2 cm³/mol. The Morgan fingerprint density at radius 2 is 1.60 bits per heavy atom. The first-order valence-electron chi connectivity index (χ1n) is 8.31. The SMILES string of the molecule is O=C(CCc1ccc(F)cc1)Nc1cc(F)c(N2CCCC2)c(F)c1. The third-order valence-electron chi connectivity index (χ3n) is 4.28. The van der Waals surface area contributed by atoms with Crippen molar-refractivity contribution in [3.63, 3.8) is 0 Å². The molecule has 3 rings (SSSR count). The van der Waals surface area contributed by atoms with Gasteiger partial charge in [0, 0.05) is 25.2 Å². The van der Waals surface area contributed by atoms with E-state index in [1.54, 1.807) is 17.0 Å². The number of aryl methyl sites for hydroxylation is 1. The van der Waals surface area contributed by atoms with Crippen molar-refractivity contribution < 1.29 is 18.0 Å². The summed E-state index contributed by atoms with van der Waals surface area (Å²) in [6.07, 6.45) is 2.40. The number of hydrogen-bond acceptors (Lipinski definition) is 2. The molecule has 1 fully saturated rings. The van der Waals surface area contributed by atoms with E-state index >= 15 is 0 Å². The number of anilines is 2. The molecule has 0 radical (unpaired) electrons. The van der Waals surface area contributed by atoms with Crippen LogP contribution in [0.15, 0.2) is 36.4 Å². The number of amides is 1. The summed E-state index contributed by atoms with van der Waals surface area (Å²) in [5.74, 6) is -2.03. The summed E-state index contributed by atoms with van der Waals surface area (Å²) in [6.45, 7) is 1.27. The van der Waals surface area contributed by atoms with Crippen molar-refractivity contribution >= 4 is 17.3 Å². The topological polar surface area (TPSA) is 32.3 Å². The maximum atomic E-state index is 14.2. The van der Waals surface area contributed by atoms with Gasteiger partial charge in [-0.3, -0.25) is 4.79 Å². The van der Waals surface area contributed by atoms with E-state index in [-0.39, 0.29) is 29.5 Å². The van der Waals surface area contributed by atoms with E-state index in [9.17, 15) is 18.0 Å². The summed E-state index contributed by atoms with van der Waals surface area (Å²) >= 11 is 0. The van der Waals surface area contributed by atoms with Gasteiger partial charge in [-0.25, -0.2) is 13.2 Å². The normalized spacial score (nSPS) is 14.0. The molecule has 132 valence electrons. The van der Waals surface area contributed by atoms with Gasteiger partial charge >= 0.3 is 0 Å². The van der Waals surface area contributed by atoms with Gasteiger partial charge in [0.05, 0.1) is 0 Å². The van der Waals surface area contributed by atoms with Crippen LogP contribution in [0, 0.1) is 17.5 Å². The molecule has 1 heterocycles. The van der Waals surface area contributed by atoms with Crippen LogP contribution in [0.5, 0.6) is 0 Å². The lowest BCUT2D eigenvalue weighted by Gasteiger charge is -2.19. The predicted octanol–water partition coefficient (Wildman–Crippen LogP) is 4.28. The molecule has 1 amide bonds. The summed E-state index contributed by atoms with van der Waals surface area (Å²) in [4.78, 5) is 13.7. The Morgan fingerprint density at radius 1 is 1.00 bits per heavy atom. The minimum atomic E-state index is -0.671. The van der Waals surface area contributed by atoms with E-state index in [1.807, 2.05) is 0 Å². The monoisotopic (exact) mass is 348 g/mol. The highest BCUT2D eigenvalue weighted by Gasteiger charge is 2.21. The minimum Gasteiger partial charge on any atom is -0.367 e. The molecule has 2 aromatic carbocycles. The van der Waals surface area contributed by atoms with Gasteiger partial charge in [-0.05, 0) is 49.1 Å². The van der Waals surface area contributed by atoms with Crippen molar-refractivity contribution in [2.45, 2.75) is 25.7 Å². The Labute approximate surface area is 144 Å². The number of carbonyl (C=O) groups excluding carboxylic acids is 1. The zero-order valence-corrected chi connectivity index (χ0v) is 13.7. The van der Waals surface area contributed by atoms with Gasteiger partial charge in [0.15, 0.2) is 11.6 Å². The second-order valence-electron chi connectivity index (χ2n) is 6.16. The highest BCUT2D eigenvalue weighted by molar-refractivity contribution is 5.91. The summed E-state index contributed by atoms with van der Waals surface area (Å²) in [5, 5.41) is 2.51. The average Bonchev–Trinajstić information content (AvgIpc) is 3.08. The third-order valence-corrected chi connectivity index (χ3v) is 4.28. The van der Waals surface area contributed by atoms with Gasteiger partial charge in [0.1, 0.15) is 11.5 Å². The Kier molecular flexibility index (Phi) is 5.26. The summed E-state index contributed by atoms with van der Waals surface area (Å²) in [5.41, 5.74) is 0.891. The Morgan fingerprint density at radius 3 is 2.20 bits per heavy atom. The second-order valence-corrected chi connectivity index (χ2v) is 6.16. The molecule has 0 saturated carbocycles. The number of carbonyl (C=O) groups is 1. The largest absolute Gasteiger partial charge is 0.367 e. The zero-order chi connectivity index (χ0) is 17.8. The van der Waals surface area contributed by atoms with Crippen molar-refractivity contribution in [3.05, 3.63) is 59.4 Å². The maximum absolute atomic E-state index is 14.2. The van der Waals surface area contributed by atoms with Gasteiger partial charge in [-0.2, -0.15) is 0 Å². The maximum Gasteiger partial charge on any atom is 0.224 e. The average molecular weight is 348 g/mol. The summed E-state index contributed by atoms with van der Waals surface area (Å²) in [7, 11) is 0. The Bertz CT molecular complexity index is 733. The van der Waals surface area contributed by atoms with E-state index in [0.29, 0.717) is 19.5 Å². The molecule has 25 heavy (non-hydrogen) atoms. The molecule has 0 spiro atoms. The lowest BCUT2D eigenvalue weighted by molar-refractivity contribution is -0.116. The molecule has 1 saturated heterocycles. The third kappa shape index (κ3) is 4.32. The fraction of sp³-hybridized carbons (Fsp3) is 0.316. The van der Waals surface area contributed by atoms with Crippen LogP contribution in [0.3, 0.4) is 0 Å².